The van der Waals surface area contributed by atoms with Gasteiger partial charge in [0.25, 0.3) is 0 Å². The number of unbranched alkanes of at least 4 members (excludes halogenated alkanes) is 10. The van der Waals surface area contributed by atoms with E-state index in [1.54, 1.807) is 0 Å². The summed E-state index contributed by atoms with van der Waals surface area (Å²) in [5.74, 6) is -0.690. The van der Waals surface area contributed by atoms with E-state index in [9.17, 15) is 14.7 Å². The zero-order valence-corrected chi connectivity index (χ0v) is 37.5. The fraction of sp³-hybridized carbons (Fsp3) is 0.556. The minimum Gasteiger partial charge on any atom is -0.462 e. The Morgan fingerprint density at radius 3 is 1.15 bits per heavy atom. The van der Waals surface area contributed by atoms with Crippen molar-refractivity contribution in [3.8, 4) is 0 Å². The SMILES string of the molecule is CC/C=C\C/C=C\C/C=C\C/C=C\C/C=C\C/C=C\C/C=C\C/C=C\C/C=C\CCCC(=O)OC(CO)COC(=O)CCCCCCC/C=C\C/C=C\CCCCCC. The minimum absolute atomic E-state index is 0.106. The quantitative estimate of drug-likeness (QED) is 0.0379. The number of esters is 2. The van der Waals surface area contributed by atoms with E-state index >= 15 is 0 Å². The second kappa shape index (κ2) is 48.4. The number of carbonyl (C=O) groups excluding carboxylic acids is 2. The first kappa shape index (κ1) is 55.0. The van der Waals surface area contributed by atoms with E-state index in [1.807, 2.05) is 0 Å². The second-order valence-corrected chi connectivity index (χ2v) is 14.7. The van der Waals surface area contributed by atoms with Crippen molar-refractivity contribution in [1.29, 1.82) is 0 Å². The van der Waals surface area contributed by atoms with Crippen molar-refractivity contribution in [2.45, 2.75) is 180 Å². The molecular formula is C54H84O5. The average Bonchev–Trinajstić information content (AvgIpc) is 3.24. The fourth-order valence-corrected chi connectivity index (χ4v) is 5.70. The molecule has 5 nitrogen and oxygen atoms in total. The van der Waals surface area contributed by atoms with Crippen LogP contribution in [0.3, 0.4) is 0 Å². The standard InChI is InChI=1S/C54H84O5/c1-3-5-7-9-11-13-15-17-19-21-22-23-24-25-26-27-28-29-30-31-32-33-35-37-39-41-43-45-47-49-54(57)59-52(50-55)51-58-53(56)48-46-44-42-40-38-36-34-20-18-16-14-12-10-8-6-4-2/h5,7,11,13-14,16-17,19-20,22-23,25-26,28-29,31-32,34-35,37,41,43,52,55H,3-4,6,8-10,12,15,18,21,24,27,30,33,36,38-40,42,44-51H2,1-2H3/b7-5-,13-11-,16-14-,19-17-,23-22-,26-25-,29-28-,32-31-,34-20-,37-35-,43-41-. The molecule has 0 saturated carbocycles. The number of ether oxygens (including phenoxy) is 2. The predicted molar refractivity (Wildman–Crippen MR) is 255 cm³/mol. The van der Waals surface area contributed by atoms with E-state index in [2.05, 4.69) is 148 Å². The van der Waals surface area contributed by atoms with Crippen LogP contribution in [-0.4, -0.2) is 36.4 Å². The molecule has 0 aliphatic rings. The first-order valence-electron chi connectivity index (χ1n) is 23.2. The molecule has 330 valence electrons. The van der Waals surface area contributed by atoms with Crippen LogP contribution < -0.4 is 0 Å². The Bertz CT molecular complexity index is 1290. The number of hydrogen-bond donors (Lipinski definition) is 1. The van der Waals surface area contributed by atoms with Gasteiger partial charge in [-0.2, -0.15) is 0 Å². The summed E-state index contributed by atoms with van der Waals surface area (Å²) in [5, 5.41) is 9.59. The fourth-order valence-electron chi connectivity index (χ4n) is 5.70. The summed E-state index contributed by atoms with van der Waals surface area (Å²) in [6.07, 6.45) is 72.4. The molecule has 59 heavy (non-hydrogen) atoms. The monoisotopic (exact) mass is 813 g/mol. The summed E-state index contributed by atoms with van der Waals surface area (Å²) >= 11 is 0. The van der Waals surface area contributed by atoms with Gasteiger partial charge in [0.15, 0.2) is 6.10 Å². The normalized spacial score (nSPS) is 13.5. The minimum atomic E-state index is -0.818. The van der Waals surface area contributed by atoms with Crippen molar-refractivity contribution < 1.29 is 24.2 Å². The van der Waals surface area contributed by atoms with E-state index in [0.29, 0.717) is 12.8 Å². The Kier molecular flexibility index (Phi) is 45.2. The van der Waals surface area contributed by atoms with E-state index in [1.165, 1.54) is 38.5 Å². The van der Waals surface area contributed by atoms with Crippen molar-refractivity contribution >= 4 is 11.9 Å². The van der Waals surface area contributed by atoms with Crippen LogP contribution in [0, 0.1) is 0 Å². The van der Waals surface area contributed by atoms with Crippen LogP contribution in [0.5, 0.6) is 0 Å². The summed E-state index contributed by atoms with van der Waals surface area (Å²) in [7, 11) is 0. The largest absolute Gasteiger partial charge is 0.462 e. The van der Waals surface area contributed by atoms with Crippen molar-refractivity contribution in [3.63, 3.8) is 0 Å². The molecule has 0 heterocycles. The lowest BCUT2D eigenvalue weighted by atomic mass is 10.1. The van der Waals surface area contributed by atoms with Crippen LogP contribution in [-0.2, 0) is 19.1 Å². The van der Waals surface area contributed by atoms with Crippen LogP contribution in [0.1, 0.15) is 174 Å². The first-order valence-corrected chi connectivity index (χ1v) is 23.2. The molecule has 0 aliphatic carbocycles. The van der Waals surface area contributed by atoms with Crippen LogP contribution >= 0.6 is 0 Å². The Balaban J connectivity index is 3.75. The Morgan fingerprint density at radius 2 is 0.746 bits per heavy atom. The maximum Gasteiger partial charge on any atom is 0.306 e. The topological polar surface area (TPSA) is 72.8 Å². The van der Waals surface area contributed by atoms with E-state index in [-0.39, 0.29) is 31.6 Å². The maximum absolute atomic E-state index is 12.2. The van der Waals surface area contributed by atoms with Crippen LogP contribution in [0.2, 0.25) is 0 Å². The summed E-state index contributed by atoms with van der Waals surface area (Å²) in [4.78, 5) is 24.3. The summed E-state index contributed by atoms with van der Waals surface area (Å²) in [6.45, 7) is 3.93. The van der Waals surface area contributed by atoms with E-state index < -0.39 is 6.10 Å². The number of allylic oxidation sites excluding steroid dienone is 22. The lowest BCUT2D eigenvalue weighted by molar-refractivity contribution is -0.161. The Labute approximate surface area is 362 Å². The molecule has 0 radical (unpaired) electrons. The van der Waals surface area contributed by atoms with Gasteiger partial charge in [0.2, 0.25) is 0 Å². The molecule has 0 rings (SSSR count). The van der Waals surface area contributed by atoms with Gasteiger partial charge in [-0.1, -0.05) is 186 Å². The van der Waals surface area contributed by atoms with Crippen LogP contribution in [0.25, 0.3) is 0 Å². The predicted octanol–water partition coefficient (Wildman–Crippen LogP) is 15.3. The van der Waals surface area contributed by atoms with Gasteiger partial charge < -0.3 is 14.6 Å². The molecule has 0 amide bonds. The summed E-state index contributed by atoms with van der Waals surface area (Å²) in [5.41, 5.74) is 0. The van der Waals surface area contributed by atoms with Gasteiger partial charge in [-0.05, 0) is 109 Å². The highest BCUT2D eigenvalue weighted by atomic mass is 16.6. The average molecular weight is 813 g/mol. The highest BCUT2D eigenvalue weighted by molar-refractivity contribution is 5.70. The number of carbonyl (C=O) groups is 2. The zero-order valence-electron chi connectivity index (χ0n) is 37.5. The summed E-state index contributed by atoms with van der Waals surface area (Å²) in [6, 6.07) is 0. The molecule has 1 unspecified atom stereocenters. The number of aliphatic hydroxyl groups is 1. The molecule has 0 aromatic heterocycles. The smallest absolute Gasteiger partial charge is 0.306 e. The number of rotatable bonds is 40. The lowest BCUT2D eigenvalue weighted by Gasteiger charge is -2.15. The molecule has 5 heteroatoms. The van der Waals surface area contributed by atoms with Gasteiger partial charge in [-0.15, -0.1) is 0 Å². The number of hydrogen-bond acceptors (Lipinski definition) is 5. The highest BCUT2D eigenvalue weighted by Gasteiger charge is 2.15. The van der Waals surface area contributed by atoms with Gasteiger partial charge >= 0.3 is 11.9 Å². The molecule has 0 bridgehead atoms. The van der Waals surface area contributed by atoms with Crippen LogP contribution in [0.4, 0.5) is 0 Å². The van der Waals surface area contributed by atoms with Gasteiger partial charge in [0.05, 0.1) is 6.61 Å². The molecule has 0 aliphatic heterocycles. The Hall–Kier alpha value is -3.96. The summed E-state index contributed by atoms with van der Waals surface area (Å²) < 4.78 is 10.6. The van der Waals surface area contributed by atoms with Gasteiger partial charge in [0.1, 0.15) is 6.61 Å². The Morgan fingerprint density at radius 1 is 0.407 bits per heavy atom. The lowest BCUT2D eigenvalue weighted by Crippen LogP contribution is -2.28. The highest BCUT2D eigenvalue weighted by Crippen LogP contribution is 2.10. The van der Waals surface area contributed by atoms with Gasteiger partial charge in [0, 0.05) is 12.8 Å². The third-order valence-corrected chi connectivity index (χ3v) is 9.18. The number of aliphatic hydroxyl groups excluding tert-OH is 1. The molecular weight excluding hydrogens is 729 g/mol. The van der Waals surface area contributed by atoms with Crippen molar-refractivity contribution in [1.82, 2.24) is 0 Å². The van der Waals surface area contributed by atoms with E-state index in [0.717, 1.165) is 103 Å². The molecule has 0 aromatic carbocycles. The second-order valence-electron chi connectivity index (χ2n) is 14.7. The van der Waals surface area contributed by atoms with E-state index in [4.69, 9.17) is 9.47 Å². The molecule has 0 saturated heterocycles. The third-order valence-electron chi connectivity index (χ3n) is 9.18. The maximum atomic E-state index is 12.2. The zero-order chi connectivity index (χ0) is 42.8. The molecule has 1 N–H and O–H groups in total. The molecule has 0 aromatic rings. The van der Waals surface area contributed by atoms with Gasteiger partial charge in [-0.25, -0.2) is 0 Å². The first-order chi connectivity index (χ1) is 29.1. The van der Waals surface area contributed by atoms with Gasteiger partial charge in [-0.3, -0.25) is 9.59 Å². The van der Waals surface area contributed by atoms with Crippen LogP contribution in [0.15, 0.2) is 134 Å². The molecule has 0 fully saturated rings. The van der Waals surface area contributed by atoms with Crippen molar-refractivity contribution in [2.75, 3.05) is 13.2 Å². The van der Waals surface area contributed by atoms with Crippen molar-refractivity contribution in [2.24, 2.45) is 0 Å². The van der Waals surface area contributed by atoms with Crippen molar-refractivity contribution in [3.05, 3.63) is 134 Å². The molecule has 1 atom stereocenters. The third kappa shape index (κ3) is 46.6. The molecule has 0 spiro atoms.